The van der Waals surface area contributed by atoms with Crippen LogP contribution in [0, 0.1) is 0 Å². The van der Waals surface area contributed by atoms with Crippen molar-refractivity contribution in [2.24, 2.45) is 0 Å². The lowest BCUT2D eigenvalue weighted by Crippen LogP contribution is -2.32. The molecule has 4 nitrogen and oxygen atoms in total. The van der Waals surface area contributed by atoms with Crippen LogP contribution >= 0.6 is 0 Å². The molecule has 0 fully saturated rings. The summed E-state index contributed by atoms with van der Waals surface area (Å²) in [6.45, 7) is 0. The molecule has 0 aliphatic rings. The zero-order valence-corrected chi connectivity index (χ0v) is 14.5. The molecule has 0 saturated carbocycles. The highest BCUT2D eigenvalue weighted by Gasteiger charge is 2.22. The molecular weight excluding hydrogens is 338 g/mol. The molecule has 132 valence electrons. The first-order valence-electron chi connectivity index (χ1n) is 8.66. The molecular formula is C23H17NO3. The molecule has 1 N–H and O–H groups in total. The largest absolute Gasteiger partial charge is 0.422 e. The summed E-state index contributed by atoms with van der Waals surface area (Å²) in [5.41, 5.74) is 1.79. The van der Waals surface area contributed by atoms with Crippen LogP contribution in [0.3, 0.4) is 0 Å². The average molecular weight is 355 g/mol. The van der Waals surface area contributed by atoms with Gasteiger partial charge in [0.1, 0.15) is 5.58 Å². The minimum atomic E-state index is -0.611. The summed E-state index contributed by atoms with van der Waals surface area (Å²) in [4.78, 5) is 25.4. The number of fused-ring (bicyclic) bond motifs is 1. The van der Waals surface area contributed by atoms with Crippen molar-refractivity contribution >= 4 is 16.9 Å². The number of carbonyl (C=O) groups excluding carboxylic acids is 1. The molecule has 4 rings (SSSR count). The first-order chi connectivity index (χ1) is 13.2. The summed E-state index contributed by atoms with van der Waals surface area (Å²) in [7, 11) is 0. The third kappa shape index (κ3) is 3.51. The van der Waals surface area contributed by atoms with Crippen molar-refractivity contribution in [3.05, 3.63) is 118 Å². The van der Waals surface area contributed by atoms with Crippen LogP contribution in [0.1, 0.15) is 27.5 Å². The molecule has 3 aromatic carbocycles. The van der Waals surface area contributed by atoms with Crippen molar-refractivity contribution in [2.75, 3.05) is 0 Å². The molecule has 1 atom stereocenters. The molecule has 0 radical (unpaired) electrons. The topological polar surface area (TPSA) is 59.3 Å². The van der Waals surface area contributed by atoms with Gasteiger partial charge in [0.05, 0.1) is 11.6 Å². The minimum Gasteiger partial charge on any atom is -0.422 e. The van der Waals surface area contributed by atoms with Gasteiger partial charge in [0, 0.05) is 10.9 Å². The fourth-order valence-corrected chi connectivity index (χ4v) is 3.07. The smallest absolute Gasteiger partial charge is 0.341 e. The Morgan fingerprint density at radius 1 is 0.815 bits per heavy atom. The summed E-state index contributed by atoms with van der Waals surface area (Å²) in [6, 6.07) is 26.8. The molecule has 0 saturated heterocycles. The van der Waals surface area contributed by atoms with Gasteiger partial charge >= 0.3 is 5.63 Å². The third-order valence-corrected chi connectivity index (χ3v) is 4.42. The molecule has 0 aliphatic carbocycles. The zero-order chi connectivity index (χ0) is 18.6. The van der Waals surface area contributed by atoms with E-state index in [1.165, 1.54) is 0 Å². The molecule has 0 spiro atoms. The predicted octanol–water partition coefficient (Wildman–Crippen LogP) is 4.31. The molecule has 1 unspecified atom stereocenters. The Hall–Kier alpha value is -3.66. The van der Waals surface area contributed by atoms with E-state index in [1.54, 1.807) is 36.4 Å². The quantitative estimate of drug-likeness (QED) is 0.555. The predicted molar refractivity (Wildman–Crippen MR) is 105 cm³/mol. The van der Waals surface area contributed by atoms with E-state index in [0.29, 0.717) is 16.7 Å². The molecule has 1 aromatic heterocycles. The number of benzene rings is 3. The van der Waals surface area contributed by atoms with Crippen LogP contribution in [0.4, 0.5) is 0 Å². The first kappa shape index (κ1) is 16.8. The van der Waals surface area contributed by atoms with Crippen LogP contribution in [0.5, 0.6) is 0 Å². The van der Waals surface area contributed by atoms with Gasteiger partial charge < -0.3 is 9.73 Å². The van der Waals surface area contributed by atoms with Gasteiger partial charge in [-0.2, -0.15) is 0 Å². The van der Waals surface area contributed by atoms with E-state index >= 15 is 0 Å². The van der Waals surface area contributed by atoms with Gasteiger partial charge in [-0.05, 0) is 29.8 Å². The number of hydrogen-bond donors (Lipinski definition) is 1. The average Bonchev–Trinajstić information content (AvgIpc) is 2.73. The van der Waals surface area contributed by atoms with Crippen LogP contribution in [-0.4, -0.2) is 5.91 Å². The van der Waals surface area contributed by atoms with Crippen molar-refractivity contribution in [1.29, 1.82) is 0 Å². The second kappa shape index (κ2) is 7.30. The van der Waals surface area contributed by atoms with Gasteiger partial charge in [-0.1, -0.05) is 66.7 Å². The highest BCUT2D eigenvalue weighted by atomic mass is 16.4. The second-order valence-electron chi connectivity index (χ2n) is 6.21. The fraction of sp³-hybridized carbons (Fsp3) is 0.0435. The summed E-state index contributed by atoms with van der Waals surface area (Å²) in [6.07, 6.45) is 0. The van der Waals surface area contributed by atoms with Crippen LogP contribution < -0.4 is 10.9 Å². The van der Waals surface area contributed by atoms with Crippen molar-refractivity contribution in [3.63, 3.8) is 0 Å². The molecule has 0 aliphatic heterocycles. The Morgan fingerprint density at radius 2 is 1.44 bits per heavy atom. The summed E-state index contributed by atoms with van der Waals surface area (Å²) < 4.78 is 5.48. The summed E-state index contributed by atoms with van der Waals surface area (Å²) in [5, 5.41) is 3.78. The molecule has 1 amide bonds. The zero-order valence-electron chi connectivity index (χ0n) is 14.5. The van der Waals surface area contributed by atoms with Crippen molar-refractivity contribution < 1.29 is 9.21 Å². The van der Waals surface area contributed by atoms with Crippen LogP contribution in [0.15, 0.2) is 100 Å². The Balaban J connectivity index is 1.80. The SMILES string of the molecule is O=C(NC(c1ccccc1)c1cc2ccccc2oc1=O)c1ccccc1. The Bertz CT molecular complexity index is 1130. The molecule has 0 bridgehead atoms. The van der Waals surface area contributed by atoms with Crippen LogP contribution in [0.2, 0.25) is 0 Å². The number of amides is 1. The van der Waals surface area contributed by atoms with Gasteiger partial charge in [-0.3, -0.25) is 4.79 Å². The summed E-state index contributed by atoms with van der Waals surface area (Å²) >= 11 is 0. The van der Waals surface area contributed by atoms with Gasteiger partial charge in [-0.15, -0.1) is 0 Å². The lowest BCUT2D eigenvalue weighted by atomic mass is 9.98. The van der Waals surface area contributed by atoms with E-state index in [-0.39, 0.29) is 5.91 Å². The van der Waals surface area contributed by atoms with Gasteiger partial charge in [0.15, 0.2) is 0 Å². The second-order valence-corrected chi connectivity index (χ2v) is 6.21. The Labute approximate surface area is 156 Å². The van der Waals surface area contributed by atoms with Crippen LogP contribution in [0.25, 0.3) is 11.0 Å². The monoisotopic (exact) mass is 355 g/mol. The maximum absolute atomic E-state index is 12.7. The number of para-hydroxylation sites is 1. The number of hydrogen-bond acceptors (Lipinski definition) is 3. The van der Waals surface area contributed by atoms with Crippen molar-refractivity contribution in [2.45, 2.75) is 6.04 Å². The Kier molecular flexibility index (Phi) is 4.54. The number of rotatable bonds is 4. The summed E-state index contributed by atoms with van der Waals surface area (Å²) in [5.74, 6) is -0.253. The highest BCUT2D eigenvalue weighted by molar-refractivity contribution is 5.94. The maximum Gasteiger partial charge on any atom is 0.341 e. The van der Waals surface area contributed by atoms with Gasteiger partial charge in [0.25, 0.3) is 5.91 Å². The van der Waals surface area contributed by atoms with Crippen molar-refractivity contribution in [3.8, 4) is 0 Å². The number of nitrogens with one attached hydrogen (secondary N) is 1. The first-order valence-corrected chi connectivity index (χ1v) is 8.66. The standard InChI is InChI=1S/C23H17NO3/c25-22(17-11-5-2-6-12-17)24-21(16-9-3-1-4-10-16)19-15-18-13-7-8-14-20(18)27-23(19)26/h1-15,21H,(H,24,25). The lowest BCUT2D eigenvalue weighted by Gasteiger charge is -2.19. The molecule has 1 heterocycles. The van der Waals surface area contributed by atoms with Gasteiger partial charge in [0.2, 0.25) is 0 Å². The van der Waals surface area contributed by atoms with E-state index in [0.717, 1.165) is 10.9 Å². The van der Waals surface area contributed by atoms with E-state index in [4.69, 9.17) is 4.42 Å². The van der Waals surface area contributed by atoms with E-state index < -0.39 is 11.7 Å². The molecule has 27 heavy (non-hydrogen) atoms. The lowest BCUT2D eigenvalue weighted by molar-refractivity contribution is 0.0942. The Morgan fingerprint density at radius 3 is 2.19 bits per heavy atom. The minimum absolute atomic E-state index is 0.253. The van der Waals surface area contributed by atoms with Gasteiger partial charge in [-0.25, -0.2) is 4.79 Å². The van der Waals surface area contributed by atoms with Crippen LogP contribution in [-0.2, 0) is 0 Å². The highest BCUT2D eigenvalue weighted by Crippen LogP contribution is 2.23. The van der Waals surface area contributed by atoms with Crippen molar-refractivity contribution in [1.82, 2.24) is 5.32 Å². The fourth-order valence-electron chi connectivity index (χ4n) is 3.07. The van der Waals surface area contributed by atoms with E-state index in [1.807, 2.05) is 54.6 Å². The molecule has 4 heteroatoms. The maximum atomic E-state index is 12.7. The van der Waals surface area contributed by atoms with E-state index in [2.05, 4.69) is 5.32 Å². The normalized spacial score (nSPS) is 11.9. The third-order valence-electron chi connectivity index (χ3n) is 4.42. The number of carbonyl (C=O) groups is 1. The van der Waals surface area contributed by atoms with E-state index in [9.17, 15) is 9.59 Å². The molecule has 4 aromatic rings.